The van der Waals surface area contributed by atoms with Crippen LogP contribution in [0.5, 0.6) is 0 Å². The predicted molar refractivity (Wildman–Crippen MR) is 76.0 cm³/mol. The minimum absolute atomic E-state index is 0.172. The van der Waals surface area contributed by atoms with Crippen LogP contribution in [0.25, 0.3) is 0 Å². The van der Waals surface area contributed by atoms with Crippen molar-refractivity contribution in [2.45, 2.75) is 46.1 Å². The standard InChI is InChI=1S/C15H28N2O2/c1-15(2,3)12-6-9-17(10-12)14(18)11-19-13-4-7-16-8-5-13/h12-13,16H,4-11H2,1-3H3. The number of amides is 1. The lowest BCUT2D eigenvalue weighted by molar-refractivity contribution is -0.137. The van der Waals surface area contributed by atoms with Crippen molar-refractivity contribution in [2.24, 2.45) is 11.3 Å². The molecule has 1 atom stereocenters. The SMILES string of the molecule is CC(C)(C)C1CCN(C(=O)COC2CCNCC2)C1. The van der Waals surface area contributed by atoms with Gasteiger partial charge in [-0.2, -0.15) is 0 Å². The van der Waals surface area contributed by atoms with E-state index in [0.717, 1.165) is 45.4 Å². The van der Waals surface area contributed by atoms with Gasteiger partial charge in [0.1, 0.15) is 6.61 Å². The molecule has 0 aliphatic carbocycles. The van der Waals surface area contributed by atoms with E-state index < -0.39 is 0 Å². The summed E-state index contributed by atoms with van der Waals surface area (Å²) in [4.78, 5) is 14.1. The van der Waals surface area contributed by atoms with Crippen LogP contribution in [-0.2, 0) is 9.53 Å². The van der Waals surface area contributed by atoms with Crippen LogP contribution < -0.4 is 5.32 Å². The highest BCUT2D eigenvalue weighted by atomic mass is 16.5. The predicted octanol–water partition coefficient (Wildman–Crippen LogP) is 1.65. The molecule has 19 heavy (non-hydrogen) atoms. The summed E-state index contributed by atoms with van der Waals surface area (Å²) in [6.45, 7) is 10.9. The van der Waals surface area contributed by atoms with Gasteiger partial charge >= 0.3 is 0 Å². The second-order valence-corrected chi connectivity index (χ2v) is 6.95. The number of hydrogen-bond donors (Lipinski definition) is 1. The van der Waals surface area contributed by atoms with Gasteiger partial charge in [0, 0.05) is 13.1 Å². The Morgan fingerprint density at radius 2 is 1.95 bits per heavy atom. The maximum Gasteiger partial charge on any atom is 0.248 e. The Kier molecular flexibility index (Phi) is 4.85. The zero-order chi connectivity index (χ0) is 13.9. The molecular weight excluding hydrogens is 240 g/mol. The van der Waals surface area contributed by atoms with E-state index in [-0.39, 0.29) is 18.6 Å². The molecule has 2 heterocycles. The molecule has 0 aromatic rings. The highest BCUT2D eigenvalue weighted by Crippen LogP contribution is 2.33. The van der Waals surface area contributed by atoms with Gasteiger partial charge in [-0.15, -0.1) is 0 Å². The monoisotopic (exact) mass is 268 g/mol. The smallest absolute Gasteiger partial charge is 0.248 e. The molecule has 2 aliphatic rings. The molecule has 0 bridgehead atoms. The number of carbonyl (C=O) groups excluding carboxylic acids is 1. The Morgan fingerprint density at radius 3 is 2.53 bits per heavy atom. The van der Waals surface area contributed by atoms with Crippen LogP contribution in [0.1, 0.15) is 40.0 Å². The van der Waals surface area contributed by atoms with Gasteiger partial charge < -0.3 is 15.0 Å². The zero-order valence-corrected chi connectivity index (χ0v) is 12.6. The van der Waals surface area contributed by atoms with Crippen molar-refractivity contribution in [3.05, 3.63) is 0 Å². The molecular formula is C15H28N2O2. The van der Waals surface area contributed by atoms with E-state index in [9.17, 15) is 4.79 Å². The number of nitrogens with zero attached hydrogens (tertiary/aromatic N) is 1. The quantitative estimate of drug-likeness (QED) is 0.846. The van der Waals surface area contributed by atoms with E-state index in [1.807, 2.05) is 4.90 Å². The van der Waals surface area contributed by atoms with E-state index in [2.05, 4.69) is 26.1 Å². The molecule has 1 amide bonds. The summed E-state index contributed by atoms with van der Waals surface area (Å²) in [5.41, 5.74) is 0.297. The minimum atomic E-state index is 0.172. The van der Waals surface area contributed by atoms with Gasteiger partial charge in [0.05, 0.1) is 6.10 Å². The second kappa shape index (κ2) is 6.23. The summed E-state index contributed by atoms with van der Waals surface area (Å²) in [7, 11) is 0. The van der Waals surface area contributed by atoms with E-state index in [4.69, 9.17) is 4.74 Å². The molecule has 0 radical (unpaired) electrons. The van der Waals surface area contributed by atoms with Crippen LogP contribution in [0.15, 0.2) is 0 Å². The van der Waals surface area contributed by atoms with Crippen molar-refractivity contribution in [1.82, 2.24) is 10.2 Å². The Bertz CT molecular complexity index is 306. The van der Waals surface area contributed by atoms with E-state index in [1.165, 1.54) is 0 Å². The molecule has 0 spiro atoms. The topological polar surface area (TPSA) is 41.6 Å². The fraction of sp³-hybridized carbons (Fsp3) is 0.933. The second-order valence-electron chi connectivity index (χ2n) is 6.95. The molecule has 2 rings (SSSR count). The maximum atomic E-state index is 12.1. The Morgan fingerprint density at radius 1 is 1.26 bits per heavy atom. The third-order valence-electron chi connectivity index (χ3n) is 4.49. The van der Waals surface area contributed by atoms with E-state index >= 15 is 0 Å². The maximum absolute atomic E-state index is 12.1. The lowest BCUT2D eigenvalue weighted by Gasteiger charge is -2.27. The molecule has 2 fully saturated rings. The van der Waals surface area contributed by atoms with Crippen molar-refractivity contribution >= 4 is 5.91 Å². The van der Waals surface area contributed by atoms with Crippen LogP contribution in [0, 0.1) is 11.3 Å². The van der Waals surface area contributed by atoms with Crippen molar-refractivity contribution in [1.29, 1.82) is 0 Å². The summed E-state index contributed by atoms with van der Waals surface area (Å²) >= 11 is 0. The average molecular weight is 268 g/mol. The summed E-state index contributed by atoms with van der Waals surface area (Å²) in [6.07, 6.45) is 3.45. The first-order chi connectivity index (χ1) is 8.97. The largest absolute Gasteiger partial charge is 0.368 e. The zero-order valence-electron chi connectivity index (χ0n) is 12.6. The van der Waals surface area contributed by atoms with Crippen LogP contribution >= 0.6 is 0 Å². The molecule has 0 saturated carbocycles. The lowest BCUT2D eigenvalue weighted by atomic mass is 9.80. The number of likely N-dealkylation sites (tertiary alicyclic amines) is 1. The number of hydrogen-bond acceptors (Lipinski definition) is 3. The fourth-order valence-corrected chi connectivity index (χ4v) is 2.94. The van der Waals surface area contributed by atoms with Gasteiger partial charge in [-0.1, -0.05) is 20.8 Å². The van der Waals surface area contributed by atoms with Crippen molar-refractivity contribution in [2.75, 3.05) is 32.8 Å². The Labute approximate surface area is 116 Å². The average Bonchev–Trinajstić information content (AvgIpc) is 2.87. The Hall–Kier alpha value is -0.610. The van der Waals surface area contributed by atoms with E-state index in [1.54, 1.807) is 0 Å². The molecule has 2 aliphatic heterocycles. The molecule has 1 unspecified atom stereocenters. The van der Waals surface area contributed by atoms with Gasteiger partial charge in [-0.05, 0) is 43.7 Å². The van der Waals surface area contributed by atoms with Gasteiger partial charge in [0.25, 0.3) is 0 Å². The number of nitrogens with one attached hydrogen (secondary N) is 1. The fourth-order valence-electron chi connectivity index (χ4n) is 2.94. The summed E-state index contributed by atoms with van der Waals surface area (Å²) < 4.78 is 5.75. The van der Waals surface area contributed by atoms with Crippen LogP contribution in [0.4, 0.5) is 0 Å². The molecule has 0 aromatic carbocycles. The third-order valence-corrected chi connectivity index (χ3v) is 4.49. The molecule has 2 saturated heterocycles. The van der Waals surface area contributed by atoms with Crippen LogP contribution in [0.3, 0.4) is 0 Å². The molecule has 0 aromatic heterocycles. The van der Waals surface area contributed by atoms with Gasteiger partial charge in [-0.3, -0.25) is 4.79 Å². The molecule has 110 valence electrons. The molecule has 1 N–H and O–H groups in total. The summed E-state index contributed by atoms with van der Waals surface area (Å²) in [6, 6.07) is 0. The van der Waals surface area contributed by atoms with Crippen molar-refractivity contribution in [3.63, 3.8) is 0 Å². The first-order valence-corrected chi connectivity index (χ1v) is 7.57. The van der Waals surface area contributed by atoms with Crippen LogP contribution in [-0.4, -0.2) is 49.7 Å². The minimum Gasteiger partial charge on any atom is -0.368 e. The first kappa shape index (κ1) is 14.8. The van der Waals surface area contributed by atoms with Crippen LogP contribution in [0.2, 0.25) is 0 Å². The summed E-state index contributed by atoms with van der Waals surface area (Å²) in [5, 5.41) is 3.30. The van der Waals surface area contributed by atoms with Gasteiger partial charge in [0.2, 0.25) is 5.91 Å². The molecule has 4 nitrogen and oxygen atoms in total. The highest BCUT2D eigenvalue weighted by Gasteiger charge is 2.33. The molecule has 4 heteroatoms. The third kappa shape index (κ3) is 4.18. The number of carbonyl (C=O) groups is 1. The van der Waals surface area contributed by atoms with Gasteiger partial charge in [-0.25, -0.2) is 0 Å². The number of rotatable bonds is 3. The van der Waals surface area contributed by atoms with Gasteiger partial charge in [0.15, 0.2) is 0 Å². The highest BCUT2D eigenvalue weighted by molar-refractivity contribution is 5.77. The first-order valence-electron chi connectivity index (χ1n) is 7.57. The van der Waals surface area contributed by atoms with Crippen molar-refractivity contribution < 1.29 is 9.53 Å². The lowest BCUT2D eigenvalue weighted by Crippen LogP contribution is -2.37. The number of piperidine rings is 1. The van der Waals surface area contributed by atoms with E-state index in [0.29, 0.717) is 11.3 Å². The normalized spacial score (nSPS) is 25.8. The van der Waals surface area contributed by atoms with Crippen molar-refractivity contribution in [3.8, 4) is 0 Å². The number of ether oxygens (including phenoxy) is 1. The summed E-state index contributed by atoms with van der Waals surface area (Å²) in [5.74, 6) is 0.792. The Balaban J connectivity index is 1.72.